The quantitative estimate of drug-likeness (QED) is 0.944. The van der Waals surface area contributed by atoms with Crippen molar-refractivity contribution in [3.63, 3.8) is 0 Å². The SMILES string of the molecule is CC1CCCCC1NC(=O)Cc1cn2cc(F)ccc2n1. The average Bonchev–Trinajstić information content (AvgIpc) is 2.82. The van der Waals surface area contributed by atoms with Crippen LogP contribution in [0.15, 0.2) is 24.5 Å². The standard InChI is InChI=1S/C16H20FN3O/c1-11-4-2-3-5-14(11)19-16(21)8-13-10-20-9-12(17)6-7-15(20)18-13/h6-7,9-11,14H,2-5,8H2,1H3,(H,19,21). The maximum atomic E-state index is 13.1. The van der Waals surface area contributed by atoms with E-state index in [9.17, 15) is 9.18 Å². The molecule has 21 heavy (non-hydrogen) atoms. The number of pyridine rings is 1. The number of fused-ring (bicyclic) bond motifs is 1. The summed E-state index contributed by atoms with van der Waals surface area (Å²) in [5.74, 6) is 0.224. The summed E-state index contributed by atoms with van der Waals surface area (Å²) in [7, 11) is 0. The minimum absolute atomic E-state index is 0.00220. The first-order valence-corrected chi connectivity index (χ1v) is 7.54. The molecule has 3 rings (SSSR count). The number of nitrogens with zero attached hydrogens (tertiary/aromatic N) is 2. The lowest BCUT2D eigenvalue weighted by Crippen LogP contribution is -2.41. The van der Waals surface area contributed by atoms with E-state index >= 15 is 0 Å². The Bertz CT molecular complexity index is 652. The largest absolute Gasteiger partial charge is 0.353 e. The fourth-order valence-electron chi connectivity index (χ4n) is 3.06. The van der Waals surface area contributed by atoms with Crippen molar-refractivity contribution in [2.24, 2.45) is 5.92 Å². The number of hydrogen-bond donors (Lipinski definition) is 1. The Kier molecular flexibility index (Phi) is 3.90. The second-order valence-corrected chi connectivity index (χ2v) is 5.96. The number of halogens is 1. The summed E-state index contributed by atoms with van der Waals surface area (Å²) in [6, 6.07) is 3.26. The third-order valence-corrected chi connectivity index (χ3v) is 4.26. The van der Waals surface area contributed by atoms with Crippen molar-refractivity contribution < 1.29 is 9.18 Å². The molecule has 0 bridgehead atoms. The number of carbonyl (C=O) groups is 1. The van der Waals surface area contributed by atoms with Crippen molar-refractivity contribution in [2.45, 2.75) is 45.1 Å². The van der Waals surface area contributed by atoms with Gasteiger partial charge in [-0.05, 0) is 30.9 Å². The Morgan fingerprint density at radius 2 is 2.19 bits per heavy atom. The molecule has 2 unspecified atom stereocenters. The molecule has 2 aromatic rings. The van der Waals surface area contributed by atoms with Crippen LogP contribution in [0.5, 0.6) is 0 Å². The summed E-state index contributed by atoms with van der Waals surface area (Å²) in [5, 5.41) is 3.11. The maximum absolute atomic E-state index is 13.1. The first kappa shape index (κ1) is 14.0. The lowest BCUT2D eigenvalue weighted by atomic mass is 9.86. The number of hydrogen-bond acceptors (Lipinski definition) is 2. The molecule has 4 nitrogen and oxygen atoms in total. The Balaban J connectivity index is 1.65. The van der Waals surface area contributed by atoms with Crippen molar-refractivity contribution in [3.05, 3.63) is 36.0 Å². The van der Waals surface area contributed by atoms with E-state index < -0.39 is 0 Å². The van der Waals surface area contributed by atoms with E-state index in [0.29, 0.717) is 17.3 Å². The predicted octanol–water partition coefficient (Wildman–Crippen LogP) is 2.71. The highest BCUT2D eigenvalue weighted by Gasteiger charge is 2.23. The molecule has 0 aliphatic heterocycles. The van der Waals surface area contributed by atoms with Crippen LogP contribution in [0.1, 0.15) is 38.3 Å². The van der Waals surface area contributed by atoms with Crippen LogP contribution in [0.2, 0.25) is 0 Å². The highest BCUT2D eigenvalue weighted by atomic mass is 19.1. The molecule has 2 heterocycles. The molecule has 0 radical (unpaired) electrons. The Morgan fingerprint density at radius 3 is 3.00 bits per heavy atom. The zero-order valence-corrected chi connectivity index (χ0v) is 12.2. The normalized spacial score (nSPS) is 22.4. The van der Waals surface area contributed by atoms with Crippen LogP contribution in [-0.4, -0.2) is 21.3 Å². The highest BCUT2D eigenvalue weighted by Crippen LogP contribution is 2.23. The first-order chi connectivity index (χ1) is 10.1. The lowest BCUT2D eigenvalue weighted by Gasteiger charge is -2.29. The topological polar surface area (TPSA) is 46.4 Å². The van der Waals surface area contributed by atoms with Gasteiger partial charge in [0.15, 0.2) is 0 Å². The average molecular weight is 289 g/mol. The van der Waals surface area contributed by atoms with Gasteiger partial charge in [-0.2, -0.15) is 0 Å². The van der Waals surface area contributed by atoms with Gasteiger partial charge in [0.2, 0.25) is 5.91 Å². The van der Waals surface area contributed by atoms with E-state index in [1.165, 1.54) is 31.5 Å². The molecule has 1 aliphatic rings. The first-order valence-electron chi connectivity index (χ1n) is 7.54. The van der Waals surface area contributed by atoms with E-state index in [1.807, 2.05) is 0 Å². The van der Waals surface area contributed by atoms with E-state index in [1.54, 1.807) is 16.7 Å². The third-order valence-electron chi connectivity index (χ3n) is 4.26. The number of nitrogens with one attached hydrogen (secondary N) is 1. The van der Waals surface area contributed by atoms with Gasteiger partial charge < -0.3 is 9.72 Å². The van der Waals surface area contributed by atoms with E-state index in [4.69, 9.17) is 0 Å². The summed E-state index contributed by atoms with van der Waals surface area (Å²) in [4.78, 5) is 16.5. The zero-order valence-electron chi connectivity index (χ0n) is 12.2. The number of imidazole rings is 1. The summed E-state index contributed by atoms with van der Waals surface area (Å²) in [5.41, 5.74) is 1.33. The fourth-order valence-corrected chi connectivity index (χ4v) is 3.06. The molecule has 1 N–H and O–H groups in total. The second-order valence-electron chi connectivity index (χ2n) is 5.96. The fraction of sp³-hybridized carbons (Fsp3) is 0.500. The van der Waals surface area contributed by atoms with E-state index in [2.05, 4.69) is 17.2 Å². The Labute approximate surface area is 123 Å². The monoisotopic (exact) mass is 289 g/mol. The minimum Gasteiger partial charge on any atom is -0.353 e. The van der Waals surface area contributed by atoms with Gasteiger partial charge in [-0.15, -0.1) is 0 Å². The van der Waals surface area contributed by atoms with Crippen LogP contribution in [-0.2, 0) is 11.2 Å². The molecular formula is C16H20FN3O. The van der Waals surface area contributed by atoms with E-state index in [0.717, 1.165) is 6.42 Å². The van der Waals surface area contributed by atoms with Crippen molar-refractivity contribution >= 4 is 11.6 Å². The molecule has 5 heteroatoms. The van der Waals surface area contributed by atoms with Crippen LogP contribution in [0.3, 0.4) is 0 Å². The summed E-state index contributed by atoms with van der Waals surface area (Å²) in [6.45, 7) is 2.19. The molecular weight excluding hydrogens is 269 g/mol. The summed E-state index contributed by atoms with van der Waals surface area (Å²) >= 11 is 0. The third kappa shape index (κ3) is 3.23. The Morgan fingerprint density at radius 1 is 1.38 bits per heavy atom. The van der Waals surface area contributed by atoms with Crippen LogP contribution in [0.25, 0.3) is 5.65 Å². The van der Waals surface area contributed by atoms with Gasteiger partial charge in [0, 0.05) is 18.4 Å². The summed E-state index contributed by atoms with van der Waals surface area (Å²) in [6.07, 6.45) is 8.00. The van der Waals surface area contributed by atoms with Crippen LogP contribution >= 0.6 is 0 Å². The van der Waals surface area contributed by atoms with Crippen LogP contribution in [0, 0.1) is 11.7 Å². The van der Waals surface area contributed by atoms with Crippen molar-refractivity contribution in [2.75, 3.05) is 0 Å². The van der Waals surface area contributed by atoms with Crippen molar-refractivity contribution in [1.29, 1.82) is 0 Å². The van der Waals surface area contributed by atoms with Crippen molar-refractivity contribution in [1.82, 2.24) is 14.7 Å². The molecule has 2 aromatic heterocycles. The minimum atomic E-state index is -0.313. The molecule has 112 valence electrons. The smallest absolute Gasteiger partial charge is 0.226 e. The van der Waals surface area contributed by atoms with Gasteiger partial charge in [0.25, 0.3) is 0 Å². The molecule has 2 atom stereocenters. The van der Waals surface area contributed by atoms with Gasteiger partial charge in [0.1, 0.15) is 11.5 Å². The van der Waals surface area contributed by atoms with Crippen LogP contribution < -0.4 is 5.32 Å². The molecule has 1 fully saturated rings. The van der Waals surface area contributed by atoms with Gasteiger partial charge >= 0.3 is 0 Å². The number of carbonyl (C=O) groups excluding carboxylic acids is 1. The second kappa shape index (κ2) is 5.84. The molecule has 0 spiro atoms. The zero-order chi connectivity index (χ0) is 14.8. The Hall–Kier alpha value is -1.91. The van der Waals surface area contributed by atoms with Gasteiger partial charge in [0.05, 0.1) is 12.1 Å². The molecule has 1 amide bonds. The van der Waals surface area contributed by atoms with E-state index in [-0.39, 0.29) is 24.2 Å². The predicted molar refractivity (Wildman–Crippen MR) is 78.4 cm³/mol. The van der Waals surface area contributed by atoms with Gasteiger partial charge in [-0.25, -0.2) is 9.37 Å². The molecule has 0 aromatic carbocycles. The van der Waals surface area contributed by atoms with Gasteiger partial charge in [-0.1, -0.05) is 19.8 Å². The van der Waals surface area contributed by atoms with Crippen molar-refractivity contribution in [3.8, 4) is 0 Å². The van der Waals surface area contributed by atoms with Crippen LogP contribution in [0.4, 0.5) is 4.39 Å². The van der Waals surface area contributed by atoms with Gasteiger partial charge in [-0.3, -0.25) is 4.79 Å². The summed E-state index contributed by atoms with van der Waals surface area (Å²) < 4.78 is 14.7. The molecule has 1 aliphatic carbocycles. The maximum Gasteiger partial charge on any atom is 0.226 e. The number of aromatic nitrogens is 2. The lowest BCUT2D eigenvalue weighted by molar-refractivity contribution is -0.121. The number of amides is 1. The number of rotatable bonds is 3. The molecule has 0 saturated heterocycles. The molecule has 1 saturated carbocycles. The highest BCUT2D eigenvalue weighted by molar-refractivity contribution is 5.78.